The molecule has 0 radical (unpaired) electrons. The van der Waals surface area contributed by atoms with Crippen LogP contribution in [0.4, 0.5) is 31.2 Å². The fourth-order valence-corrected chi connectivity index (χ4v) is 6.39. The normalized spacial score (nSPS) is 16.3. The van der Waals surface area contributed by atoms with E-state index < -0.39 is 50.3 Å². The summed E-state index contributed by atoms with van der Waals surface area (Å²) in [4.78, 5) is 34.1. The Kier molecular flexibility index (Phi) is 12.8. The third-order valence-electron chi connectivity index (χ3n) is 7.65. The molecule has 0 unspecified atom stereocenters. The first kappa shape index (κ1) is 40.0. The van der Waals surface area contributed by atoms with Gasteiger partial charge in [0.2, 0.25) is 10.0 Å². The average molecular weight is 749 g/mol. The highest BCUT2D eigenvalue weighted by Crippen LogP contribution is 2.39. The van der Waals surface area contributed by atoms with Crippen LogP contribution in [0, 0.1) is 15.9 Å². The largest absolute Gasteiger partial charge is 0.514 e. The molecule has 284 valence electrons. The predicted molar refractivity (Wildman–Crippen MR) is 188 cm³/mol. The van der Waals surface area contributed by atoms with E-state index >= 15 is 4.39 Å². The summed E-state index contributed by atoms with van der Waals surface area (Å²) in [7, 11) is -4.05. The van der Waals surface area contributed by atoms with Crippen molar-refractivity contribution in [3.63, 3.8) is 0 Å². The molecule has 18 heteroatoms. The Hall–Kier alpha value is -4.81. The van der Waals surface area contributed by atoms with Crippen LogP contribution < -0.4 is 20.1 Å². The summed E-state index contributed by atoms with van der Waals surface area (Å²) in [6.45, 7) is 11.4. The maximum absolute atomic E-state index is 15.2. The molecule has 1 saturated carbocycles. The zero-order valence-corrected chi connectivity index (χ0v) is 30.8. The first-order valence-corrected chi connectivity index (χ1v) is 18.1. The van der Waals surface area contributed by atoms with Crippen LogP contribution in [0.5, 0.6) is 5.75 Å². The zero-order chi connectivity index (χ0) is 38.3. The van der Waals surface area contributed by atoms with Crippen LogP contribution >= 0.6 is 0 Å². The van der Waals surface area contributed by atoms with Crippen LogP contribution in [0.2, 0.25) is 0 Å². The molecule has 0 spiro atoms. The number of sulfonamides is 1. The average Bonchev–Trinajstić information content (AvgIpc) is 3.68. The Labute approximate surface area is 301 Å². The molecule has 1 fully saturated rings. The molecule has 1 aromatic heterocycles. The smallest absolute Gasteiger partial charge is 0.444 e. The minimum absolute atomic E-state index is 0.0199. The SMILES string of the molecule is CC(C)(C)OC(=O)NCCOCCNS(=O)(=O)c1ccc(Nc2cc([C@H]3CC[C@@H](OC(=O)Oc4ccc([N+](=O)[O-])cc4)C3)n(C(C)(C)C)n2)c(F)c1. The van der Waals surface area contributed by atoms with Crippen LogP contribution in [0.25, 0.3) is 0 Å². The Morgan fingerprint density at radius 3 is 2.35 bits per heavy atom. The summed E-state index contributed by atoms with van der Waals surface area (Å²) in [6.07, 6.45) is -0.215. The topological polar surface area (TPSA) is 202 Å². The number of ether oxygens (including phenoxy) is 4. The van der Waals surface area contributed by atoms with Gasteiger partial charge in [-0.3, -0.25) is 14.8 Å². The van der Waals surface area contributed by atoms with E-state index in [-0.39, 0.29) is 54.2 Å². The molecule has 1 heterocycles. The number of carbonyl (C=O) groups excluding carboxylic acids is 2. The lowest BCUT2D eigenvalue weighted by molar-refractivity contribution is -0.384. The second-order valence-electron chi connectivity index (χ2n) is 14.1. The first-order valence-electron chi connectivity index (χ1n) is 16.6. The van der Waals surface area contributed by atoms with Gasteiger partial charge in [-0.2, -0.15) is 5.10 Å². The van der Waals surface area contributed by atoms with Crippen molar-refractivity contribution in [1.82, 2.24) is 19.8 Å². The van der Waals surface area contributed by atoms with Gasteiger partial charge in [0.05, 0.1) is 34.3 Å². The van der Waals surface area contributed by atoms with Gasteiger partial charge in [-0.1, -0.05) is 0 Å². The lowest BCUT2D eigenvalue weighted by atomic mass is 10.0. The van der Waals surface area contributed by atoms with Gasteiger partial charge in [-0.25, -0.2) is 27.1 Å². The minimum Gasteiger partial charge on any atom is -0.444 e. The number of hydrogen-bond donors (Lipinski definition) is 3. The van der Waals surface area contributed by atoms with Gasteiger partial charge in [0.1, 0.15) is 23.3 Å². The highest BCUT2D eigenvalue weighted by molar-refractivity contribution is 7.89. The number of aromatic nitrogens is 2. The number of amides is 1. The van der Waals surface area contributed by atoms with Gasteiger partial charge in [0.25, 0.3) is 5.69 Å². The third-order valence-corrected chi connectivity index (χ3v) is 9.11. The van der Waals surface area contributed by atoms with E-state index in [4.69, 9.17) is 18.9 Å². The number of nitro benzene ring substituents is 1. The van der Waals surface area contributed by atoms with Crippen LogP contribution in [-0.2, 0) is 29.8 Å². The molecular weight excluding hydrogens is 703 g/mol. The monoisotopic (exact) mass is 748 g/mol. The van der Waals surface area contributed by atoms with Crippen molar-refractivity contribution >= 4 is 39.5 Å². The van der Waals surface area contributed by atoms with Crippen molar-refractivity contribution in [2.45, 2.75) is 88.9 Å². The maximum Gasteiger partial charge on any atom is 0.514 e. The number of alkyl carbamates (subject to hydrolysis) is 1. The maximum atomic E-state index is 15.2. The number of nitro groups is 1. The van der Waals surface area contributed by atoms with Crippen LogP contribution in [0.15, 0.2) is 53.4 Å². The molecule has 16 nitrogen and oxygen atoms in total. The number of carbonyl (C=O) groups is 2. The van der Waals surface area contributed by atoms with E-state index in [9.17, 15) is 28.1 Å². The third kappa shape index (κ3) is 11.6. The van der Waals surface area contributed by atoms with Crippen LogP contribution in [0.3, 0.4) is 0 Å². The first-order chi connectivity index (χ1) is 24.3. The highest BCUT2D eigenvalue weighted by Gasteiger charge is 2.34. The van der Waals surface area contributed by atoms with E-state index in [2.05, 4.69) is 20.5 Å². The summed E-state index contributed by atoms with van der Waals surface area (Å²) in [5.74, 6) is -0.389. The highest BCUT2D eigenvalue weighted by atomic mass is 32.2. The summed E-state index contributed by atoms with van der Waals surface area (Å²) >= 11 is 0. The summed E-state index contributed by atoms with van der Waals surface area (Å²) in [5.41, 5.74) is -0.351. The van der Waals surface area contributed by atoms with Gasteiger partial charge in [0.15, 0.2) is 5.82 Å². The van der Waals surface area contributed by atoms with Gasteiger partial charge >= 0.3 is 12.2 Å². The molecule has 4 rings (SSSR count). The number of rotatable bonds is 14. The Bertz CT molecular complexity index is 1840. The molecule has 3 N–H and O–H groups in total. The van der Waals surface area contributed by atoms with Gasteiger partial charge in [-0.05, 0) is 91.1 Å². The Morgan fingerprint density at radius 2 is 1.71 bits per heavy atom. The predicted octanol–water partition coefficient (Wildman–Crippen LogP) is 6.10. The minimum atomic E-state index is -4.05. The molecule has 1 aliphatic carbocycles. The number of halogens is 1. The molecule has 52 heavy (non-hydrogen) atoms. The van der Waals surface area contributed by atoms with Gasteiger partial charge in [-0.15, -0.1) is 0 Å². The van der Waals surface area contributed by atoms with Gasteiger partial charge in [0, 0.05) is 42.9 Å². The molecule has 0 bridgehead atoms. The summed E-state index contributed by atoms with van der Waals surface area (Å²) < 4.78 is 66.2. The van der Waals surface area contributed by atoms with E-state index in [1.54, 1.807) is 26.8 Å². The quantitative estimate of drug-likeness (QED) is 0.0563. The Balaban J connectivity index is 1.31. The van der Waals surface area contributed by atoms with E-state index in [1.165, 1.54) is 36.4 Å². The van der Waals surface area contributed by atoms with Crippen LogP contribution in [0.1, 0.15) is 72.4 Å². The summed E-state index contributed by atoms with van der Waals surface area (Å²) in [6, 6.07) is 10.4. The number of nitrogens with zero attached hydrogens (tertiary/aromatic N) is 3. The number of hydrogen-bond acceptors (Lipinski definition) is 12. The second kappa shape index (κ2) is 16.7. The summed E-state index contributed by atoms with van der Waals surface area (Å²) in [5, 5.41) is 21.0. The van der Waals surface area contributed by atoms with E-state index in [0.717, 1.165) is 11.8 Å². The number of nitrogens with one attached hydrogen (secondary N) is 3. The van der Waals surface area contributed by atoms with Crippen molar-refractivity contribution in [3.8, 4) is 5.75 Å². The second-order valence-corrected chi connectivity index (χ2v) is 15.9. The van der Waals surface area contributed by atoms with Crippen LogP contribution in [-0.4, -0.2) is 73.4 Å². The van der Waals surface area contributed by atoms with Crippen molar-refractivity contribution in [1.29, 1.82) is 0 Å². The van der Waals surface area contributed by atoms with E-state index in [1.807, 2.05) is 25.5 Å². The molecule has 2 atom stereocenters. The molecule has 3 aromatic rings. The molecule has 0 saturated heterocycles. The number of non-ortho nitro benzene ring substituents is 1. The van der Waals surface area contributed by atoms with Gasteiger partial charge < -0.3 is 29.6 Å². The van der Waals surface area contributed by atoms with Crippen molar-refractivity contribution in [2.75, 3.05) is 31.6 Å². The fraction of sp³-hybridized carbons (Fsp3) is 0.500. The lowest BCUT2D eigenvalue weighted by Gasteiger charge is -2.24. The van der Waals surface area contributed by atoms with Crippen molar-refractivity contribution < 1.29 is 46.3 Å². The number of anilines is 2. The fourth-order valence-electron chi connectivity index (χ4n) is 5.37. The molecule has 1 aliphatic rings. The Morgan fingerprint density at radius 1 is 1.02 bits per heavy atom. The van der Waals surface area contributed by atoms with E-state index in [0.29, 0.717) is 25.1 Å². The number of benzene rings is 2. The lowest BCUT2D eigenvalue weighted by Crippen LogP contribution is -2.34. The molecule has 1 amide bonds. The van der Waals surface area contributed by atoms with Crippen molar-refractivity contribution in [3.05, 3.63) is 70.2 Å². The molecule has 0 aliphatic heterocycles. The zero-order valence-electron chi connectivity index (χ0n) is 29.9. The molecular formula is C34H45FN6O10S. The van der Waals surface area contributed by atoms with Crippen molar-refractivity contribution in [2.24, 2.45) is 0 Å². The molecule has 2 aromatic carbocycles. The standard InChI is InChI=1S/C34H45FN6O10S/c1-33(2,3)40-29(22-7-10-25(19-22)50-32(43)49-24-11-8-23(9-12-24)41(44)45)21-30(39-40)38-28-14-13-26(20-27(28)35)52(46,47)37-16-18-48-17-15-36-31(42)51-34(4,5)6/h8-9,11-14,20-22,25,37H,7,10,15-19H2,1-6H3,(H,36,42)(H,38,39)/t22-,25+/m0/s1.